The fourth-order valence-corrected chi connectivity index (χ4v) is 3.10. The summed E-state index contributed by atoms with van der Waals surface area (Å²) >= 11 is 0. The monoisotopic (exact) mass is 246 g/mol. The Balaban J connectivity index is 2.12. The SMILES string of the molecule is Cc1cc(C)cc(C(C)N2CCCC(CN)C2)c1. The van der Waals surface area contributed by atoms with Crippen LogP contribution < -0.4 is 5.73 Å². The van der Waals surface area contributed by atoms with Crippen LogP contribution in [0.1, 0.15) is 42.5 Å². The van der Waals surface area contributed by atoms with Gasteiger partial charge < -0.3 is 5.73 Å². The molecule has 1 saturated heterocycles. The molecule has 1 fully saturated rings. The van der Waals surface area contributed by atoms with Crippen LogP contribution in [-0.2, 0) is 0 Å². The fourth-order valence-electron chi connectivity index (χ4n) is 3.10. The molecule has 0 radical (unpaired) electrons. The summed E-state index contributed by atoms with van der Waals surface area (Å²) in [5.74, 6) is 0.687. The minimum atomic E-state index is 0.512. The van der Waals surface area contributed by atoms with Crippen molar-refractivity contribution < 1.29 is 0 Å². The normalized spacial score (nSPS) is 23.0. The Labute approximate surface area is 111 Å². The van der Waals surface area contributed by atoms with Crippen LogP contribution >= 0.6 is 0 Å². The maximum atomic E-state index is 5.83. The Hall–Kier alpha value is -0.860. The molecule has 0 aromatic heterocycles. The van der Waals surface area contributed by atoms with Crippen molar-refractivity contribution in [3.63, 3.8) is 0 Å². The predicted octanol–water partition coefficient (Wildman–Crippen LogP) is 3.04. The molecule has 2 N–H and O–H groups in total. The molecule has 1 heterocycles. The Morgan fingerprint density at radius 2 is 1.94 bits per heavy atom. The van der Waals surface area contributed by atoms with E-state index in [1.54, 1.807) is 0 Å². The van der Waals surface area contributed by atoms with Gasteiger partial charge in [0.25, 0.3) is 0 Å². The summed E-state index contributed by atoms with van der Waals surface area (Å²) in [6, 6.07) is 7.40. The van der Waals surface area contributed by atoms with Crippen LogP contribution in [0.25, 0.3) is 0 Å². The highest BCUT2D eigenvalue weighted by molar-refractivity contribution is 5.30. The minimum Gasteiger partial charge on any atom is -0.330 e. The molecule has 2 rings (SSSR count). The molecule has 1 aliphatic heterocycles. The van der Waals surface area contributed by atoms with Crippen molar-refractivity contribution in [1.82, 2.24) is 4.90 Å². The van der Waals surface area contributed by atoms with Gasteiger partial charge in [-0.25, -0.2) is 0 Å². The largest absolute Gasteiger partial charge is 0.330 e. The number of benzene rings is 1. The van der Waals surface area contributed by atoms with E-state index in [1.165, 1.54) is 36.1 Å². The lowest BCUT2D eigenvalue weighted by Gasteiger charge is -2.36. The predicted molar refractivity (Wildman–Crippen MR) is 77.7 cm³/mol. The molecule has 18 heavy (non-hydrogen) atoms. The van der Waals surface area contributed by atoms with Crippen molar-refractivity contribution >= 4 is 0 Å². The lowest BCUT2D eigenvalue weighted by Crippen LogP contribution is -2.39. The molecule has 0 aliphatic carbocycles. The van der Waals surface area contributed by atoms with E-state index in [4.69, 9.17) is 5.73 Å². The number of likely N-dealkylation sites (tertiary alicyclic amines) is 1. The average molecular weight is 246 g/mol. The topological polar surface area (TPSA) is 29.3 Å². The van der Waals surface area contributed by atoms with E-state index in [9.17, 15) is 0 Å². The molecule has 1 aliphatic rings. The highest BCUT2D eigenvalue weighted by Crippen LogP contribution is 2.27. The number of nitrogens with two attached hydrogens (primary N) is 1. The number of hydrogen-bond acceptors (Lipinski definition) is 2. The number of rotatable bonds is 3. The van der Waals surface area contributed by atoms with Gasteiger partial charge >= 0.3 is 0 Å². The molecule has 100 valence electrons. The van der Waals surface area contributed by atoms with Gasteiger partial charge in [0.15, 0.2) is 0 Å². The van der Waals surface area contributed by atoms with Gasteiger partial charge in [-0.15, -0.1) is 0 Å². The first-order valence-corrected chi connectivity index (χ1v) is 7.12. The molecule has 1 aromatic rings. The van der Waals surface area contributed by atoms with Crippen LogP contribution in [0.3, 0.4) is 0 Å². The molecule has 0 spiro atoms. The van der Waals surface area contributed by atoms with Gasteiger partial charge in [0.1, 0.15) is 0 Å². The first-order chi connectivity index (χ1) is 8.60. The van der Waals surface area contributed by atoms with Crippen LogP contribution in [0, 0.1) is 19.8 Å². The highest BCUT2D eigenvalue weighted by Gasteiger charge is 2.23. The lowest BCUT2D eigenvalue weighted by atomic mass is 9.94. The number of nitrogens with zero attached hydrogens (tertiary/aromatic N) is 1. The molecule has 2 nitrogen and oxygen atoms in total. The zero-order chi connectivity index (χ0) is 13.1. The van der Waals surface area contributed by atoms with Gasteiger partial charge in [0, 0.05) is 12.6 Å². The molecule has 2 heteroatoms. The van der Waals surface area contributed by atoms with Gasteiger partial charge in [-0.1, -0.05) is 29.3 Å². The summed E-state index contributed by atoms with van der Waals surface area (Å²) in [6.45, 7) is 9.89. The summed E-state index contributed by atoms with van der Waals surface area (Å²) in [5, 5.41) is 0. The lowest BCUT2D eigenvalue weighted by molar-refractivity contribution is 0.134. The van der Waals surface area contributed by atoms with Crippen molar-refractivity contribution in [3.05, 3.63) is 34.9 Å². The van der Waals surface area contributed by atoms with E-state index in [0.717, 1.165) is 13.1 Å². The first-order valence-electron chi connectivity index (χ1n) is 7.12. The quantitative estimate of drug-likeness (QED) is 0.888. The number of piperidine rings is 1. The van der Waals surface area contributed by atoms with Crippen LogP contribution in [-0.4, -0.2) is 24.5 Å². The molecule has 0 bridgehead atoms. The van der Waals surface area contributed by atoms with Gasteiger partial charge in [0.05, 0.1) is 0 Å². The fraction of sp³-hybridized carbons (Fsp3) is 0.625. The van der Waals surface area contributed by atoms with Gasteiger partial charge in [0.2, 0.25) is 0 Å². The Morgan fingerprint density at radius 1 is 1.28 bits per heavy atom. The Bertz CT molecular complexity index is 380. The smallest absolute Gasteiger partial charge is 0.0320 e. The van der Waals surface area contributed by atoms with E-state index in [1.807, 2.05) is 0 Å². The van der Waals surface area contributed by atoms with Crippen molar-refractivity contribution in [1.29, 1.82) is 0 Å². The summed E-state index contributed by atoms with van der Waals surface area (Å²) in [5.41, 5.74) is 10.0. The summed E-state index contributed by atoms with van der Waals surface area (Å²) in [6.07, 6.45) is 2.59. The Kier molecular flexibility index (Phi) is 4.41. The zero-order valence-corrected chi connectivity index (χ0v) is 11.9. The third kappa shape index (κ3) is 3.12. The maximum absolute atomic E-state index is 5.83. The van der Waals surface area contributed by atoms with Crippen molar-refractivity contribution in [2.24, 2.45) is 11.7 Å². The summed E-state index contributed by atoms with van der Waals surface area (Å²) in [4.78, 5) is 2.59. The second kappa shape index (κ2) is 5.85. The maximum Gasteiger partial charge on any atom is 0.0320 e. The third-order valence-corrected chi connectivity index (χ3v) is 4.16. The van der Waals surface area contributed by atoms with Gasteiger partial charge in [-0.3, -0.25) is 4.90 Å². The van der Waals surface area contributed by atoms with Crippen molar-refractivity contribution in [2.45, 2.75) is 39.7 Å². The standard InChI is InChI=1S/C16H26N2/c1-12-7-13(2)9-16(8-12)14(3)18-6-4-5-15(10-17)11-18/h7-9,14-15H,4-6,10-11,17H2,1-3H3. The summed E-state index contributed by atoms with van der Waals surface area (Å²) in [7, 11) is 0. The van der Waals surface area contributed by atoms with E-state index < -0.39 is 0 Å². The van der Waals surface area contributed by atoms with Crippen LogP contribution in [0.4, 0.5) is 0 Å². The number of hydrogen-bond donors (Lipinski definition) is 1. The Morgan fingerprint density at radius 3 is 2.56 bits per heavy atom. The molecular weight excluding hydrogens is 220 g/mol. The molecule has 0 saturated carbocycles. The van der Waals surface area contributed by atoms with Crippen molar-refractivity contribution in [3.8, 4) is 0 Å². The second-order valence-electron chi connectivity index (χ2n) is 5.84. The van der Waals surface area contributed by atoms with Crippen LogP contribution in [0.2, 0.25) is 0 Å². The van der Waals surface area contributed by atoms with Crippen LogP contribution in [0.5, 0.6) is 0 Å². The first kappa shape index (κ1) is 13.6. The van der Waals surface area contributed by atoms with E-state index in [2.05, 4.69) is 43.9 Å². The molecule has 2 unspecified atom stereocenters. The van der Waals surface area contributed by atoms with E-state index in [0.29, 0.717) is 12.0 Å². The molecular formula is C16H26N2. The van der Waals surface area contributed by atoms with Crippen LogP contribution in [0.15, 0.2) is 18.2 Å². The molecule has 2 atom stereocenters. The average Bonchev–Trinajstić information content (AvgIpc) is 2.37. The number of aryl methyl sites for hydroxylation is 2. The van der Waals surface area contributed by atoms with E-state index >= 15 is 0 Å². The molecule has 1 aromatic carbocycles. The molecule has 0 amide bonds. The minimum absolute atomic E-state index is 0.512. The third-order valence-electron chi connectivity index (χ3n) is 4.16. The van der Waals surface area contributed by atoms with Gasteiger partial charge in [-0.05, 0) is 58.2 Å². The second-order valence-corrected chi connectivity index (χ2v) is 5.84. The van der Waals surface area contributed by atoms with Gasteiger partial charge in [-0.2, -0.15) is 0 Å². The van der Waals surface area contributed by atoms with Crippen molar-refractivity contribution in [2.75, 3.05) is 19.6 Å². The highest BCUT2D eigenvalue weighted by atomic mass is 15.2. The zero-order valence-electron chi connectivity index (χ0n) is 11.9. The van der Waals surface area contributed by atoms with E-state index in [-0.39, 0.29) is 0 Å². The summed E-state index contributed by atoms with van der Waals surface area (Å²) < 4.78 is 0.